The van der Waals surface area contributed by atoms with Crippen LogP contribution in [-0.2, 0) is 16.0 Å². The number of amides is 1. The number of benzene rings is 2. The van der Waals surface area contributed by atoms with E-state index in [9.17, 15) is 19.8 Å². The zero-order valence-corrected chi connectivity index (χ0v) is 18.1. The lowest BCUT2D eigenvalue weighted by Crippen LogP contribution is -2.29. The SMILES string of the molecule is Cc1ccc(O)c(N2C(=O)C(=O)/C(=C(\O)c3ccc4c(c3)CC(C)O4)C2c2ccncc2)c1. The Hall–Kier alpha value is -4.13. The van der Waals surface area contributed by atoms with Crippen molar-refractivity contribution in [3.8, 4) is 11.5 Å². The number of Topliss-reactive ketones (excluding diaryl/α,β-unsaturated/α-hetero) is 1. The number of fused-ring (bicyclic) bond motifs is 1. The molecular formula is C26H22N2O5. The third kappa shape index (κ3) is 3.42. The number of hydrogen-bond donors (Lipinski definition) is 2. The second-order valence-corrected chi connectivity index (χ2v) is 8.40. The topological polar surface area (TPSA) is 100.0 Å². The van der Waals surface area contributed by atoms with Gasteiger partial charge in [0.15, 0.2) is 0 Å². The minimum atomic E-state index is -0.927. The number of carbonyl (C=O) groups excluding carboxylic acids is 2. The molecule has 0 spiro atoms. The number of aliphatic hydroxyl groups excluding tert-OH is 1. The van der Waals surface area contributed by atoms with E-state index in [2.05, 4.69) is 4.98 Å². The molecule has 166 valence electrons. The molecule has 3 aromatic rings. The molecule has 2 aliphatic rings. The molecule has 1 saturated heterocycles. The Morgan fingerprint density at radius 3 is 2.61 bits per heavy atom. The van der Waals surface area contributed by atoms with Crippen molar-refractivity contribution in [1.82, 2.24) is 4.98 Å². The average molecular weight is 442 g/mol. The van der Waals surface area contributed by atoms with E-state index >= 15 is 0 Å². The van der Waals surface area contributed by atoms with Crippen LogP contribution in [0, 0.1) is 6.92 Å². The Labute approximate surface area is 190 Å². The number of aromatic hydroxyl groups is 1. The maximum absolute atomic E-state index is 13.2. The van der Waals surface area contributed by atoms with E-state index in [-0.39, 0.29) is 28.9 Å². The molecule has 0 radical (unpaired) electrons. The fourth-order valence-electron chi connectivity index (χ4n) is 4.49. The van der Waals surface area contributed by atoms with E-state index in [1.807, 2.05) is 13.8 Å². The number of carbonyl (C=O) groups is 2. The van der Waals surface area contributed by atoms with Gasteiger partial charge in [0, 0.05) is 24.4 Å². The van der Waals surface area contributed by atoms with Crippen LogP contribution in [0.1, 0.15) is 35.2 Å². The lowest BCUT2D eigenvalue weighted by atomic mass is 9.94. The van der Waals surface area contributed by atoms with Gasteiger partial charge in [-0.3, -0.25) is 19.5 Å². The summed E-state index contributed by atoms with van der Waals surface area (Å²) in [5, 5.41) is 21.8. The van der Waals surface area contributed by atoms with Crippen LogP contribution >= 0.6 is 0 Å². The van der Waals surface area contributed by atoms with Crippen LogP contribution in [0.4, 0.5) is 5.69 Å². The van der Waals surface area contributed by atoms with E-state index in [1.54, 1.807) is 54.9 Å². The Morgan fingerprint density at radius 1 is 1.09 bits per heavy atom. The van der Waals surface area contributed by atoms with E-state index in [0.717, 1.165) is 16.9 Å². The third-order valence-corrected chi connectivity index (χ3v) is 6.03. The van der Waals surface area contributed by atoms with Crippen molar-refractivity contribution in [2.24, 2.45) is 0 Å². The summed E-state index contributed by atoms with van der Waals surface area (Å²) in [6.45, 7) is 3.79. The van der Waals surface area contributed by atoms with Crippen molar-refractivity contribution in [3.05, 3.63) is 88.8 Å². The molecule has 3 heterocycles. The number of anilines is 1. The standard InChI is InChI=1S/C26H22N2O5/c1-14-3-5-20(29)19(11-14)28-23(16-7-9-27-10-8-16)22(25(31)26(28)32)24(30)17-4-6-21-18(13-17)12-15(2)33-21/h3-11,13,15,23,29-30H,12H2,1-2H3/b24-22-. The summed E-state index contributed by atoms with van der Waals surface area (Å²) in [6, 6.07) is 12.5. The van der Waals surface area contributed by atoms with Gasteiger partial charge in [0.2, 0.25) is 0 Å². The number of rotatable bonds is 3. The van der Waals surface area contributed by atoms with Crippen molar-refractivity contribution in [2.75, 3.05) is 4.90 Å². The van der Waals surface area contributed by atoms with Gasteiger partial charge in [-0.25, -0.2) is 0 Å². The Bertz CT molecular complexity index is 1320. The highest BCUT2D eigenvalue weighted by molar-refractivity contribution is 6.51. The lowest BCUT2D eigenvalue weighted by molar-refractivity contribution is -0.132. The number of ketones is 1. The quantitative estimate of drug-likeness (QED) is 0.361. The molecule has 0 saturated carbocycles. The highest BCUT2D eigenvalue weighted by atomic mass is 16.5. The average Bonchev–Trinajstić information content (AvgIpc) is 3.31. The monoisotopic (exact) mass is 442 g/mol. The van der Waals surface area contributed by atoms with Crippen molar-refractivity contribution < 1.29 is 24.5 Å². The van der Waals surface area contributed by atoms with Gasteiger partial charge < -0.3 is 14.9 Å². The van der Waals surface area contributed by atoms with E-state index in [0.29, 0.717) is 17.5 Å². The van der Waals surface area contributed by atoms with E-state index in [1.165, 1.54) is 11.0 Å². The largest absolute Gasteiger partial charge is 0.507 e. The van der Waals surface area contributed by atoms with Crippen LogP contribution in [0.5, 0.6) is 11.5 Å². The van der Waals surface area contributed by atoms with Gasteiger partial charge in [-0.1, -0.05) is 6.07 Å². The Morgan fingerprint density at radius 2 is 1.85 bits per heavy atom. The smallest absolute Gasteiger partial charge is 0.300 e. The zero-order chi connectivity index (χ0) is 23.3. The van der Waals surface area contributed by atoms with Crippen molar-refractivity contribution in [3.63, 3.8) is 0 Å². The predicted molar refractivity (Wildman–Crippen MR) is 122 cm³/mol. The number of phenols is 1. The van der Waals surface area contributed by atoms with Crippen LogP contribution in [-0.4, -0.2) is 33.0 Å². The number of aliphatic hydroxyl groups is 1. The molecule has 2 atom stereocenters. The number of nitrogens with zero attached hydrogens (tertiary/aromatic N) is 2. The fourth-order valence-corrected chi connectivity index (χ4v) is 4.49. The summed E-state index contributed by atoms with van der Waals surface area (Å²) >= 11 is 0. The van der Waals surface area contributed by atoms with Gasteiger partial charge in [-0.15, -0.1) is 0 Å². The summed E-state index contributed by atoms with van der Waals surface area (Å²) in [6.07, 6.45) is 3.83. The normalized spacial score (nSPS) is 21.2. The first-order valence-electron chi connectivity index (χ1n) is 10.7. The summed E-state index contributed by atoms with van der Waals surface area (Å²) in [4.78, 5) is 31.7. The molecule has 33 heavy (non-hydrogen) atoms. The number of phenolic OH excluding ortho intramolecular Hbond substituents is 1. The predicted octanol–water partition coefficient (Wildman–Crippen LogP) is 4.05. The van der Waals surface area contributed by atoms with E-state index in [4.69, 9.17) is 4.74 Å². The minimum absolute atomic E-state index is 0.0316. The summed E-state index contributed by atoms with van der Waals surface area (Å²) in [5.41, 5.74) is 2.92. The van der Waals surface area contributed by atoms with Gasteiger partial charge in [0.05, 0.1) is 17.3 Å². The molecular weight excluding hydrogens is 420 g/mol. The maximum Gasteiger partial charge on any atom is 0.300 e. The van der Waals surface area contributed by atoms with Gasteiger partial charge in [-0.05, 0) is 73.0 Å². The molecule has 7 nitrogen and oxygen atoms in total. The summed E-state index contributed by atoms with van der Waals surface area (Å²) in [5.74, 6) is -1.30. The number of hydrogen-bond acceptors (Lipinski definition) is 6. The van der Waals surface area contributed by atoms with Crippen molar-refractivity contribution >= 4 is 23.1 Å². The highest BCUT2D eigenvalue weighted by Crippen LogP contribution is 2.45. The molecule has 1 aromatic heterocycles. The molecule has 2 aromatic carbocycles. The first-order valence-corrected chi connectivity index (χ1v) is 10.7. The van der Waals surface area contributed by atoms with Crippen LogP contribution in [0.2, 0.25) is 0 Å². The molecule has 2 aliphatic heterocycles. The number of ether oxygens (including phenoxy) is 1. The van der Waals surface area contributed by atoms with Gasteiger partial charge in [0.25, 0.3) is 11.7 Å². The van der Waals surface area contributed by atoms with Crippen molar-refractivity contribution in [1.29, 1.82) is 0 Å². The maximum atomic E-state index is 13.2. The number of aromatic nitrogens is 1. The highest BCUT2D eigenvalue weighted by Gasteiger charge is 2.47. The first kappa shape index (κ1) is 20.8. The summed E-state index contributed by atoms with van der Waals surface area (Å²) in [7, 11) is 0. The molecule has 2 N–H and O–H groups in total. The second-order valence-electron chi connectivity index (χ2n) is 8.40. The molecule has 1 amide bonds. The molecule has 0 bridgehead atoms. The molecule has 5 rings (SSSR count). The van der Waals surface area contributed by atoms with Crippen LogP contribution in [0.25, 0.3) is 5.76 Å². The molecule has 7 heteroatoms. The molecule has 0 aliphatic carbocycles. The Kier molecular flexibility index (Phi) is 4.89. The van der Waals surface area contributed by atoms with Gasteiger partial charge >= 0.3 is 0 Å². The summed E-state index contributed by atoms with van der Waals surface area (Å²) < 4.78 is 5.73. The molecule has 2 unspecified atom stereocenters. The number of pyridine rings is 1. The lowest BCUT2D eigenvalue weighted by Gasteiger charge is -2.26. The molecule has 1 fully saturated rings. The Balaban J connectivity index is 1.71. The van der Waals surface area contributed by atoms with E-state index < -0.39 is 17.7 Å². The van der Waals surface area contributed by atoms with Crippen molar-refractivity contribution in [2.45, 2.75) is 32.4 Å². The van der Waals surface area contributed by atoms with Crippen LogP contribution in [0.3, 0.4) is 0 Å². The van der Waals surface area contributed by atoms with Crippen LogP contribution < -0.4 is 9.64 Å². The fraction of sp³-hybridized carbons (Fsp3) is 0.192. The second kappa shape index (κ2) is 7.78. The zero-order valence-electron chi connectivity index (χ0n) is 18.1. The van der Waals surface area contributed by atoms with Gasteiger partial charge in [-0.2, -0.15) is 0 Å². The minimum Gasteiger partial charge on any atom is -0.507 e. The number of aryl methyl sites for hydroxylation is 1. The first-order chi connectivity index (χ1) is 15.8. The third-order valence-electron chi connectivity index (χ3n) is 6.03. The van der Waals surface area contributed by atoms with Crippen LogP contribution in [0.15, 0.2) is 66.5 Å². The van der Waals surface area contributed by atoms with Gasteiger partial charge in [0.1, 0.15) is 23.4 Å².